The van der Waals surface area contributed by atoms with Gasteiger partial charge in [-0.2, -0.15) is 0 Å². The second kappa shape index (κ2) is 7.03. The molecule has 1 aromatic rings. The molecule has 0 bridgehead atoms. The normalized spacial score (nSPS) is 25.0. The van der Waals surface area contributed by atoms with E-state index in [1.807, 2.05) is 24.3 Å². The predicted molar refractivity (Wildman–Crippen MR) is 88.3 cm³/mol. The van der Waals surface area contributed by atoms with Gasteiger partial charge in [0, 0.05) is 12.6 Å². The van der Waals surface area contributed by atoms with Gasteiger partial charge in [0.2, 0.25) is 0 Å². The smallest absolute Gasteiger partial charge is 0.322 e. The molecule has 22 heavy (non-hydrogen) atoms. The number of anilines is 1. The van der Waals surface area contributed by atoms with Crippen LogP contribution >= 0.6 is 0 Å². The molecule has 1 aliphatic carbocycles. The van der Waals surface area contributed by atoms with Gasteiger partial charge >= 0.3 is 6.03 Å². The van der Waals surface area contributed by atoms with Crippen LogP contribution in [0.25, 0.3) is 0 Å². The molecule has 2 amide bonds. The summed E-state index contributed by atoms with van der Waals surface area (Å²) in [6.07, 6.45) is 8.66. The summed E-state index contributed by atoms with van der Waals surface area (Å²) in [5.41, 5.74) is 0.756. The first-order valence-electron chi connectivity index (χ1n) is 8.50. The molecular weight excluding hydrogens is 276 g/mol. The number of ether oxygens (including phenoxy) is 1. The maximum absolute atomic E-state index is 12.8. The summed E-state index contributed by atoms with van der Waals surface area (Å²) in [6.45, 7) is 0.877. The number of hydrogen-bond acceptors (Lipinski definition) is 2. The van der Waals surface area contributed by atoms with Gasteiger partial charge in [-0.25, -0.2) is 4.79 Å². The standard InChI is InChI=1S/C18H26N2O2/c1-22-17-12-5-3-10-15(17)19-18(21)20-13-7-6-9-14-8-2-4-11-16(14)20/h3,5,10,12,14,16H,2,4,6-9,11,13H2,1H3,(H,19,21)/t14-,16+/m0/s1. The number of amides is 2. The highest BCUT2D eigenvalue weighted by Crippen LogP contribution is 2.35. The molecular formula is C18H26N2O2. The minimum atomic E-state index is 0.0308. The van der Waals surface area contributed by atoms with E-state index in [-0.39, 0.29) is 6.03 Å². The molecule has 2 fully saturated rings. The predicted octanol–water partition coefficient (Wildman–Crippen LogP) is 4.27. The Balaban J connectivity index is 1.74. The summed E-state index contributed by atoms with van der Waals surface area (Å²) in [5, 5.41) is 3.05. The molecule has 1 saturated heterocycles. The number of methoxy groups -OCH3 is 1. The Kier molecular flexibility index (Phi) is 4.86. The number of hydrogen-bond donors (Lipinski definition) is 1. The number of para-hydroxylation sites is 2. The van der Waals surface area contributed by atoms with E-state index < -0.39 is 0 Å². The molecule has 0 unspecified atom stereocenters. The lowest BCUT2D eigenvalue weighted by molar-refractivity contribution is 0.138. The second-order valence-corrected chi connectivity index (χ2v) is 6.43. The maximum atomic E-state index is 12.8. The summed E-state index contributed by atoms with van der Waals surface area (Å²) in [6, 6.07) is 8.06. The number of carbonyl (C=O) groups excluding carboxylic acids is 1. The minimum absolute atomic E-state index is 0.0308. The van der Waals surface area contributed by atoms with Crippen molar-refractivity contribution in [3.63, 3.8) is 0 Å². The van der Waals surface area contributed by atoms with Gasteiger partial charge in [-0.3, -0.25) is 0 Å². The first-order chi connectivity index (χ1) is 10.8. The molecule has 4 nitrogen and oxygen atoms in total. The molecule has 2 aliphatic rings. The van der Waals surface area contributed by atoms with Crippen molar-refractivity contribution >= 4 is 11.7 Å². The van der Waals surface area contributed by atoms with Crippen molar-refractivity contribution in [3.05, 3.63) is 24.3 Å². The largest absolute Gasteiger partial charge is 0.495 e. The van der Waals surface area contributed by atoms with Gasteiger partial charge in [-0.15, -0.1) is 0 Å². The monoisotopic (exact) mass is 302 g/mol. The highest BCUT2D eigenvalue weighted by molar-refractivity contribution is 5.91. The van der Waals surface area contributed by atoms with Crippen molar-refractivity contribution in [1.29, 1.82) is 0 Å². The van der Waals surface area contributed by atoms with E-state index in [0.717, 1.165) is 25.1 Å². The second-order valence-electron chi connectivity index (χ2n) is 6.43. The molecule has 3 rings (SSSR count). The molecule has 1 aromatic carbocycles. The van der Waals surface area contributed by atoms with Gasteiger partial charge in [0.15, 0.2) is 0 Å². The first-order valence-corrected chi connectivity index (χ1v) is 8.50. The SMILES string of the molecule is COc1ccccc1NC(=O)N1CCCC[C@@H]2CCCC[C@H]21. The zero-order chi connectivity index (χ0) is 15.4. The number of carbonyl (C=O) groups is 1. The summed E-state index contributed by atoms with van der Waals surface area (Å²) in [7, 11) is 1.63. The van der Waals surface area contributed by atoms with Gasteiger partial charge < -0.3 is 15.0 Å². The average Bonchev–Trinajstić information content (AvgIpc) is 2.78. The van der Waals surface area contributed by atoms with Crippen LogP contribution in [0, 0.1) is 5.92 Å². The Bertz CT molecular complexity index is 518. The number of benzene rings is 1. The van der Waals surface area contributed by atoms with Crippen LogP contribution in [0.3, 0.4) is 0 Å². The van der Waals surface area contributed by atoms with Gasteiger partial charge in [0.05, 0.1) is 12.8 Å². The third kappa shape index (κ3) is 3.21. The molecule has 1 heterocycles. The van der Waals surface area contributed by atoms with Crippen LogP contribution in [0.1, 0.15) is 44.9 Å². The number of fused-ring (bicyclic) bond motifs is 1. The van der Waals surface area contributed by atoms with E-state index >= 15 is 0 Å². The zero-order valence-electron chi connectivity index (χ0n) is 13.4. The molecule has 1 aliphatic heterocycles. The van der Waals surface area contributed by atoms with E-state index in [4.69, 9.17) is 4.74 Å². The Morgan fingerprint density at radius 1 is 1.14 bits per heavy atom. The fourth-order valence-corrected chi connectivity index (χ4v) is 3.98. The van der Waals surface area contributed by atoms with Crippen LogP contribution in [0.4, 0.5) is 10.5 Å². The molecule has 0 radical (unpaired) electrons. The van der Waals surface area contributed by atoms with Gasteiger partial charge in [-0.1, -0.05) is 31.4 Å². The molecule has 0 spiro atoms. The zero-order valence-corrected chi connectivity index (χ0v) is 13.4. The number of nitrogens with zero attached hydrogens (tertiary/aromatic N) is 1. The van der Waals surface area contributed by atoms with Crippen LogP contribution in [0.5, 0.6) is 5.75 Å². The topological polar surface area (TPSA) is 41.6 Å². The lowest BCUT2D eigenvalue weighted by atomic mass is 9.82. The van der Waals surface area contributed by atoms with E-state index in [0.29, 0.717) is 17.7 Å². The van der Waals surface area contributed by atoms with E-state index in [9.17, 15) is 4.79 Å². The Hall–Kier alpha value is -1.71. The molecule has 120 valence electrons. The quantitative estimate of drug-likeness (QED) is 0.886. The summed E-state index contributed by atoms with van der Waals surface area (Å²) < 4.78 is 5.33. The van der Waals surface area contributed by atoms with E-state index in [1.165, 1.54) is 32.1 Å². The number of rotatable bonds is 2. The van der Waals surface area contributed by atoms with E-state index in [2.05, 4.69) is 10.2 Å². The summed E-state index contributed by atoms with van der Waals surface area (Å²) >= 11 is 0. The van der Waals surface area contributed by atoms with Crippen LogP contribution in [-0.2, 0) is 0 Å². The third-order valence-electron chi connectivity index (χ3n) is 5.10. The average molecular weight is 302 g/mol. The van der Waals surface area contributed by atoms with Crippen molar-refractivity contribution in [2.45, 2.75) is 51.0 Å². The van der Waals surface area contributed by atoms with Crippen molar-refractivity contribution in [2.24, 2.45) is 5.92 Å². The highest BCUT2D eigenvalue weighted by atomic mass is 16.5. The number of likely N-dealkylation sites (tertiary alicyclic amines) is 1. The third-order valence-corrected chi connectivity index (χ3v) is 5.10. The lowest BCUT2D eigenvalue weighted by Crippen LogP contribution is -2.47. The fraction of sp³-hybridized carbons (Fsp3) is 0.611. The Labute approximate surface area is 132 Å². The van der Waals surface area contributed by atoms with E-state index in [1.54, 1.807) is 7.11 Å². The fourth-order valence-electron chi connectivity index (χ4n) is 3.98. The molecule has 1 N–H and O–H groups in total. The van der Waals surface area contributed by atoms with Crippen LogP contribution in [0.15, 0.2) is 24.3 Å². The summed E-state index contributed by atoms with van der Waals surface area (Å²) in [5.74, 6) is 1.41. The lowest BCUT2D eigenvalue weighted by Gasteiger charge is -2.38. The van der Waals surface area contributed by atoms with Crippen molar-refractivity contribution in [3.8, 4) is 5.75 Å². The Morgan fingerprint density at radius 2 is 1.86 bits per heavy atom. The maximum Gasteiger partial charge on any atom is 0.322 e. The van der Waals surface area contributed by atoms with Crippen molar-refractivity contribution in [2.75, 3.05) is 19.0 Å². The van der Waals surface area contributed by atoms with Crippen LogP contribution in [-0.4, -0.2) is 30.6 Å². The number of nitrogens with one attached hydrogen (secondary N) is 1. The minimum Gasteiger partial charge on any atom is -0.495 e. The highest BCUT2D eigenvalue weighted by Gasteiger charge is 2.34. The van der Waals surface area contributed by atoms with Crippen LogP contribution in [0.2, 0.25) is 0 Å². The van der Waals surface area contributed by atoms with Gasteiger partial charge in [0.1, 0.15) is 5.75 Å². The Morgan fingerprint density at radius 3 is 2.68 bits per heavy atom. The molecule has 4 heteroatoms. The van der Waals surface area contributed by atoms with Crippen molar-refractivity contribution in [1.82, 2.24) is 4.90 Å². The van der Waals surface area contributed by atoms with Gasteiger partial charge in [0.25, 0.3) is 0 Å². The van der Waals surface area contributed by atoms with Crippen LogP contribution < -0.4 is 10.1 Å². The molecule has 0 aromatic heterocycles. The van der Waals surface area contributed by atoms with Crippen molar-refractivity contribution < 1.29 is 9.53 Å². The summed E-state index contributed by atoms with van der Waals surface area (Å²) in [4.78, 5) is 14.9. The number of urea groups is 1. The molecule has 1 saturated carbocycles. The van der Waals surface area contributed by atoms with Gasteiger partial charge in [-0.05, 0) is 43.7 Å². The first kappa shape index (κ1) is 15.2. The molecule has 2 atom stereocenters.